The molecule has 1 unspecified atom stereocenters. The Labute approximate surface area is 185 Å². The van der Waals surface area contributed by atoms with Gasteiger partial charge in [-0.1, -0.05) is 12.1 Å². The van der Waals surface area contributed by atoms with Gasteiger partial charge in [-0.25, -0.2) is 18.4 Å². The number of nitrogens with zero attached hydrogens (tertiary/aromatic N) is 2. The van der Waals surface area contributed by atoms with Gasteiger partial charge in [0, 0.05) is 30.3 Å². The van der Waals surface area contributed by atoms with E-state index in [0.29, 0.717) is 28.2 Å². The van der Waals surface area contributed by atoms with Crippen molar-refractivity contribution in [3.05, 3.63) is 42.5 Å². The van der Waals surface area contributed by atoms with Gasteiger partial charge in [0.2, 0.25) is 10.0 Å². The first-order valence-electron chi connectivity index (χ1n) is 9.72. The molecular formula is C21H24N4O6S. The number of para-hydroxylation sites is 2. The van der Waals surface area contributed by atoms with Gasteiger partial charge in [0.05, 0.1) is 30.5 Å². The number of rotatable bonds is 10. The van der Waals surface area contributed by atoms with Gasteiger partial charge in [-0.15, -0.1) is 0 Å². The predicted octanol–water partition coefficient (Wildman–Crippen LogP) is 3.39. The maximum absolute atomic E-state index is 12.8. The predicted molar refractivity (Wildman–Crippen MR) is 121 cm³/mol. The van der Waals surface area contributed by atoms with E-state index in [0.717, 1.165) is 0 Å². The van der Waals surface area contributed by atoms with Gasteiger partial charge in [-0.3, -0.25) is 9.52 Å². The molecule has 1 atom stereocenters. The van der Waals surface area contributed by atoms with E-state index in [4.69, 9.17) is 14.6 Å². The number of carboxylic acids is 1. The van der Waals surface area contributed by atoms with Gasteiger partial charge >= 0.3 is 5.97 Å². The minimum atomic E-state index is -3.92. The number of fused-ring (bicyclic) bond motifs is 1. The van der Waals surface area contributed by atoms with E-state index in [2.05, 4.69) is 20.0 Å². The van der Waals surface area contributed by atoms with E-state index in [9.17, 15) is 13.2 Å². The van der Waals surface area contributed by atoms with Crippen LogP contribution in [0.1, 0.15) is 19.8 Å². The molecule has 10 nitrogen and oxygen atoms in total. The molecule has 170 valence electrons. The number of carboxylic acid groups (broad SMARTS) is 1. The summed E-state index contributed by atoms with van der Waals surface area (Å²) >= 11 is 0. The second-order valence-corrected chi connectivity index (χ2v) is 9.12. The number of anilines is 3. The molecule has 2 aromatic carbocycles. The lowest BCUT2D eigenvalue weighted by Crippen LogP contribution is -2.27. The SMILES string of the molecule is COc1cc(Nc2nc3ccccc3nc2NS(=O)(=O)C(C)CCC(=O)O)cc(OC)c1. The van der Waals surface area contributed by atoms with Crippen LogP contribution in [0.15, 0.2) is 42.5 Å². The van der Waals surface area contributed by atoms with E-state index in [1.807, 2.05) is 0 Å². The molecule has 0 amide bonds. The molecule has 0 bridgehead atoms. The average Bonchev–Trinajstić information content (AvgIpc) is 2.77. The normalized spacial score (nSPS) is 12.2. The number of ether oxygens (including phenoxy) is 2. The Morgan fingerprint density at radius 1 is 1.03 bits per heavy atom. The van der Waals surface area contributed by atoms with E-state index in [1.165, 1.54) is 21.1 Å². The van der Waals surface area contributed by atoms with Crippen LogP contribution in [0.5, 0.6) is 11.5 Å². The zero-order valence-electron chi connectivity index (χ0n) is 17.8. The van der Waals surface area contributed by atoms with E-state index in [1.54, 1.807) is 42.5 Å². The topological polar surface area (TPSA) is 140 Å². The fourth-order valence-corrected chi connectivity index (χ4v) is 3.93. The Morgan fingerprint density at radius 3 is 2.12 bits per heavy atom. The van der Waals surface area contributed by atoms with E-state index in [-0.39, 0.29) is 24.5 Å². The molecule has 0 aliphatic rings. The third kappa shape index (κ3) is 5.55. The highest BCUT2D eigenvalue weighted by atomic mass is 32.2. The van der Waals surface area contributed by atoms with Crippen molar-refractivity contribution in [2.75, 3.05) is 24.3 Å². The number of sulfonamides is 1. The van der Waals surface area contributed by atoms with Crippen LogP contribution in [0, 0.1) is 0 Å². The minimum Gasteiger partial charge on any atom is -0.497 e. The van der Waals surface area contributed by atoms with Gasteiger partial charge in [-0.05, 0) is 25.5 Å². The summed E-state index contributed by atoms with van der Waals surface area (Å²) in [6.45, 7) is 1.44. The first-order valence-corrected chi connectivity index (χ1v) is 11.3. The Hall–Kier alpha value is -3.60. The van der Waals surface area contributed by atoms with Crippen molar-refractivity contribution in [2.45, 2.75) is 25.0 Å². The number of benzene rings is 2. The molecule has 32 heavy (non-hydrogen) atoms. The second-order valence-electron chi connectivity index (χ2n) is 7.03. The van der Waals surface area contributed by atoms with Gasteiger partial charge in [-0.2, -0.15) is 0 Å². The summed E-state index contributed by atoms with van der Waals surface area (Å²) in [7, 11) is -0.883. The van der Waals surface area contributed by atoms with Crippen LogP contribution in [-0.4, -0.2) is 48.9 Å². The highest BCUT2D eigenvalue weighted by Crippen LogP contribution is 2.31. The van der Waals surface area contributed by atoms with Crippen molar-refractivity contribution in [1.29, 1.82) is 0 Å². The lowest BCUT2D eigenvalue weighted by molar-refractivity contribution is -0.137. The fourth-order valence-electron chi connectivity index (χ4n) is 2.89. The number of carbonyl (C=O) groups is 1. The van der Waals surface area contributed by atoms with Crippen molar-refractivity contribution in [3.63, 3.8) is 0 Å². The fraction of sp³-hybridized carbons (Fsp3) is 0.286. The molecular weight excluding hydrogens is 436 g/mol. The van der Waals surface area contributed by atoms with Gasteiger partial charge in [0.1, 0.15) is 11.5 Å². The standard InChI is InChI=1S/C21H24N4O6S/c1-13(8-9-19(26)27)32(28,29)25-21-20(23-17-6-4-5-7-18(17)24-21)22-14-10-15(30-2)12-16(11-14)31-3/h4-7,10-13H,8-9H2,1-3H3,(H,22,23)(H,24,25)(H,26,27). The summed E-state index contributed by atoms with van der Waals surface area (Å²) in [5.74, 6) is 0.169. The molecule has 11 heteroatoms. The molecule has 0 aliphatic carbocycles. The highest BCUT2D eigenvalue weighted by Gasteiger charge is 2.24. The second kappa shape index (κ2) is 9.69. The van der Waals surface area contributed by atoms with Gasteiger partial charge in [0.15, 0.2) is 11.6 Å². The van der Waals surface area contributed by atoms with E-state index < -0.39 is 21.2 Å². The smallest absolute Gasteiger partial charge is 0.303 e. The number of nitrogens with one attached hydrogen (secondary N) is 2. The maximum Gasteiger partial charge on any atom is 0.303 e. The molecule has 0 radical (unpaired) electrons. The molecule has 0 saturated carbocycles. The summed E-state index contributed by atoms with van der Waals surface area (Å²) in [4.78, 5) is 19.8. The Kier molecular flexibility index (Phi) is 6.98. The summed E-state index contributed by atoms with van der Waals surface area (Å²) in [5, 5.41) is 11.0. The number of hydrogen-bond donors (Lipinski definition) is 3. The first-order chi connectivity index (χ1) is 15.2. The van der Waals surface area contributed by atoms with E-state index >= 15 is 0 Å². The van der Waals surface area contributed by atoms with Crippen LogP contribution in [0.2, 0.25) is 0 Å². The number of hydrogen-bond acceptors (Lipinski definition) is 8. The minimum absolute atomic E-state index is 0.00679. The van der Waals surface area contributed by atoms with Crippen molar-refractivity contribution in [1.82, 2.24) is 9.97 Å². The molecule has 0 aliphatic heterocycles. The van der Waals surface area contributed by atoms with Crippen LogP contribution in [-0.2, 0) is 14.8 Å². The lowest BCUT2D eigenvalue weighted by atomic mass is 10.2. The molecule has 0 saturated heterocycles. The van der Waals surface area contributed by atoms with Crippen molar-refractivity contribution >= 4 is 44.3 Å². The zero-order chi connectivity index (χ0) is 23.3. The largest absolute Gasteiger partial charge is 0.497 e. The Balaban J connectivity index is 2.00. The molecule has 3 aromatic rings. The highest BCUT2D eigenvalue weighted by molar-refractivity contribution is 7.93. The molecule has 0 fully saturated rings. The molecule has 1 aromatic heterocycles. The third-order valence-electron chi connectivity index (χ3n) is 4.72. The molecule has 3 N–H and O–H groups in total. The van der Waals surface area contributed by atoms with Crippen molar-refractivity contribution in [2.24, 2.45) is 0 Å². The number of aliphatic carboxylic acids is 1. The lowest BCUT2D eigenvalue weighted by Gasteiger charge is -2.17. The zero-order valence-corrected chi connectivity index (χ0v) is 18.6. The van der Waals surface area contributed by atoms with Crippen LogP contribution in [0.3, 0.4) is 0 Å². The summed E-state index contributed by atoms with van der Waals surface area (Å²) < 4.78 is 38.6. The van der Waals surface area contributed by atoms with Crippen LogP contribution >= 0.6 is 0 Å². The number of aromatic nitrogens is 2. The van der Waals surface area contributed by atoms with Crippen LogP contribution in [0.25, 0.3) is 11.0 Å². The molecule has 0 spiro atoms. The summed E-state index contributed by atoms with van der Waals surface area (Å²) in [6, 6.07) is 12.1. The van der Waals surface area contributed by atoms with Crippen molar-refractivity contribution in [3.8, 4) is 11.5 Å². The molecule has 3 rings (SSSR count). The Morgan fingerprint density at radius 2 is 1.59 bits per heavy atom. The maximum atomic E-state index is 12.8. The van der Waals surface area contributed by atoms with Gasteiger partial charge in [0.25, 0.3) is 0 Å². The quantitative estimate of drug-likeness (QED) is 0.415. The summed E-state index contributed by atoms with van der Waals surface area (Å²) in [5.41, 5.74) is 1.61. The monoisotopic (exact) mass is 460 g/mol. The summed E-state index contributed by atoms with van der Waals surface area (Å²) in [6.07, 6.45) is -0.304. The van der Waals surface area contributed by atoms with Crippen LogP contribution < -0.4 is 19.5 Å². The Bertz CT molecular complexity index is 1210. The molecule has 1 heterocycles. The third-order valence-corrected chi connectivity index (χ3v) is 6.49. The van der Waals surface area contributed by atoms with Crippen molar-refractivity contribution < 1.29 is 27.8 Å². The number of methoxy groups -OCH3 is 2. The average molecular weight is 461 g/mol. The van der Waals surface area contributed by atoms with Crippen LogP contribution in [0.4, 0.5) is 17.3 Å². The first kappa shape index (κ1) is 23.1. The van der Waals surface area contributed by atoms with Gasteiger partial charge < -0.3 is 19.9 Å².